The Morgan fingerprint density at radius 3 is 2.45 bits per heavy atom. The molecule has 0 aliphatic carbocycles. The van der Waals surface area contributed by atoms with Crippen molar-refractivity contribution < 1.29 is 0 Å². The number of aryl methyl sites for hydroxylation is 1. The summed E-state index contributed by atoms with van der Waals surface area (Å²) in [6, 6.07) is 22.5. The largest absolute Gasteiger partial charge is 0.256 e. The molecule has 0 saturated carbocycles. The lowest BCUT2D eigenvalue weighted by atomic mass is 9.82. The van der Waals surface area contributed by atoms with Gasteiger partial charge in [0.15, 0.2) is 0 Å². The van der Waals surface area contributed by atoms with Crippen LogP contribution in [0, 0.1) is 6.92 Å². The first-order chi connectivity index (χ1) is 14.9. The molecule has 152 valence electrons. The third-order valence-electron chi connectivity index (χ3n) is 6.11. The average Bonchev–Trinajstić information content (AvgIpc) is 3.31. The van der Waals surface area contributed by atoms with Gasteiger partial charge in [0, 0.05) is 46.9 Å². The Morgan fingerprint density at radius 1 is 0.774 bits per heavy atom. The van der Waals surface area contributed by atoms with E-state index in [4.69, 9.17) is 4.98 Å². The van der Waals surface area contributed by atoms with Gasteiger partial charge in [0.05, 0.1) is 5.69 Å². The van der Waals surface area contributed by atoms with Gasteiger partial charge in [-0.25, -0.2) is 0 Å². The van der Waals surface area contributed by atoms with Crippen LogP contribution in [-0.2, 0) is 5.41 Å². The van der Waals surface area contributed by atoms with Crippen molar-refractivity contribution in [3.63, 3.8) is 0 Å². The van der Waals surface area contributed by atoms with Gasteiger partial charge in [0.25, 0.3) is 0 Å². The number of rotatable bonds is 1. The highest BCUT2D eigenvalue weighted by molar-refractivity contribution is 7.27. The maximum atomic E-state index is 4.92. The predicted octanol–water partition coefficient (Wildman–Crippen LogP) is 9.09. The van der Waals surface area contributed by atoms with Crippen LogP contribution < -0.4 is 0 Å². The number of thiophene rings is 2. The zero-order valence-electron chi connectivity index (χ0n) is 18.1. The standard InChI is InChI=1S/C28H23NS2/c1-16-13-21-23(30-16)10-9-20-25-24(31-27(20)21)11-12-29-26(25)18-14-17-7-5-6-8-19(17)22(15-18)28(2,3)4/h5-15H,1-4H3. The lowest BCUT2D eigenvalue weighted by Gasteiger charge is -2.23. The summed E-state index contributed by atoms with van der Waals surface area (Å²) < 4.78 is 4.05. The summed E-state index contributed by atoms with van der Waals surface area (Å²) in [4.78, 5) is 6.29. The van der Waals surface area contributed by atoms with E-state index in [9.17, 15) is 0 Å². The van der Waals surface area contributed by atoms with Crippen LogP contribution in [0.1, 0.15) is 31.2 Å². The first-order valence-corrected chi connectivity index (χ1v) is 12.3. The molecule has 0 N–H and O–H groups in total. The van der Waals surface area contributed by atoms with Crippen molar-refractivity contribution in [1.82, 2.24) is 4.98 Å². The lowest BCUT2D eigenvalue weighted by Crippen LogP contribution is -2.12. The van der Waals surface area contributed by atoms with E-state index in [2.05, 4.69) is 88.4 Å². The topological polar surface area (TPSA) is 12.9 Å². The molecule has 1 nitrogen and oxygen atoms in total. The highest BCUT2D eigenvalue weighted by Crippen LogP contribution is 2.44. The third kappa shape index (κ3) is 2.91. The van der Waals surface area contributed by atoms with Gasteiger partial charge >= 0.3 is 0 Å². The molecular formula is C28H23NS2. The van der Waals surface area contributed by atoms with Gasteiger partial charge in [-0.3, -0.25) is 4.98 Å². The fraction of sp³-hybridized carbons (Fsp3) is 0.179. The molecule has 0 atom stereocenters. The van der Waals surface area contributed by atoms with Gasteiger partial charge in [-0.15, -0.1) is 22.7 Å². The van der Waals surface area contributed by atoms with E-state index in [0.29, 0.717) is 0 Å². The lowest BCUT2D eigenvalue weighted by molar-refractivity contribution is 0.596. The molecule has 3 aromatic carbocycles. The van der Waals surface area contributed by atoms with E-state index in [1.54, 1.807) is 0 Å². The molecule has 3 heteroatoms. The molecule has 6 rings (SSSR count). The molecule has 0 radical (unpaired) electrons. The fourth-order valence-corrected chi connectivity index (χ4v) is 6.92. The van der Waals surface area contributed by atoms with Crippen molar-refractivity contribution in [2.75, 3.05) is 0 Å². The molecular weight excluding hydrogens is 414 g/mol. The minimum atomic E-state index is 0.0561. The van der Waals surface area contributed by atoms with Gasteiger partial charge < -0.3 is 0 Å². The second-order valence-corrected chi connectivity index (χ2v) is 11.7. The van der Waals surface area contributed by atoms with Gasteiger partial charge in [0.1, 0.15) is 0 Å². The summed E-state index contributed by atoms with van der Waals surface area (Å²) in [6.07, 6.45) is 1.97. The van der Waals surface area contributed by atoms with Gasteiger partial charge in [0.2, 0.25) is 0 Å². The molecule has 0 fully saturated rings. The van der Waals surface area contributed by atoms with E-state index in [-0.39, 0.29) is 5.41 Å². The van der Waals surface area contributed by atoms with Crippen molar-refractivity contribution in [3.8, 4) is 11.3 Å². The number of hydrogen-bond acceptors (Lipinski definition) is 3. The molecule has 3 aromatic heterocycles. The molecule has 31 heavy (non-hydrogen) atoms. The van der Waals surface area contributed by atoms with Crippen LogP contribution in [0.4, 0.5) is 0 Å². The normalized spacial score (nSPS) is 12.5. The van der Waals surface area contributed by atoms with Gasteiger partial charge in [-0.2, -0.15) is 0 Å². The highest BCUT2D eigenvalue weighted by Gasteiger charge is 2.20. The summed E-state index contributed by atoms with van der Waals surface area (Å²) >= 11 is 3.77. The summed E-state index contributed by atoms with van der Waals surface area (Å²) in [7, 11) is 0. The van der Waals surface area contributed by atoms with Gasteiger partial charge in [-0.1, -0.05) is 51.1 Å². The Labute approximate surface area is 190 Å². The molecule has 0 spiro atoms. The second-order valence-electron chi connectivity index (χ2n) is 9.34. The van der Waals surface area contributed by atoms with Crippen LogP contribution in [0.25, 0.3) is 52.3 Å². The van der Waals surface area contributed by atoms with Crippen LogP contribution in [0.5, 0.6) is 0 Å². The second kappa shape index (κ2) is 6.62. The Morgan fingerprint density at radius 2 is 1.61 bits per heavy atom. The Balaban J connectivity index is 1.72. The van der Waals surface area contributed by atoms with Gasteiger partial charge in [-0.05, 0) is 59.0 Å². The predicted molar refractivity (Wildman–Crippen MR) is 139 cm³/mol. The minimum Gasteiger partial charge on any atom is -0.256 e. The maximum absolute atomic E-state index is 4.92. The molecule has 6 aromatic rings. The van der Waals surface area contributed by atoms with E-state index in [1.165, 1.54) is 57.0 Å². The Kier molecular flexibility index (Phi) is 4.05. The Hall–Kier alpha value is -2.75. The number of hydrogen-bond donors (Lipinski definition) is 0. The molecule has 3 heterocycles. The zero-order chi connectivity index (χ0) is 21.3. The summed E-state index contributed by atoms with van der Waals surface area (Å²) in [5.74, 6) is 0. The SMILES string of the molecule is Cc1cc2c(ccc3c2sc2ccnc(-c4cc(C(C)(C)C)c5ccccc5c4)c23)s1. The van der Waals surface area contributed by atoms with Crippen molar-refractivity contribution >= 4 is 63.7 Å². The van der Waals surface area contributed by atoms with E-state index < -0.39 is 0 Å². The molecule has 0 amide bonds. The van der Waals surface area contributed by atoms with Crippen LogP contribution >= 0.6 is 22.7 Å². The molecule has 0 saturated heterocycles. The smallest absolute Gasteiger partial charge is 0.0795 e. The monoisotopic (exact) mass is 437 g/mol. The minimum absolute atomic E-state index is 0.0561. The van der Waals surface area contributed by atoms with Crippen molar-refractivity contribution in [3.05, 3.63) is 77.3 Å². The number of fused-ring (bicyclic) bond motifs is 6. The molecule has 0 aliphatic rings. The first kappa shape index (κ1) is 19.0. The van der Waals surface area contributed by atoms with Crippen LogP contribution in [0.3, 0.4) is 0 Å². The quantitative estimate of drug-likeness (QED) is 0.250. The molecule has 0 aliphatic heterocycles. The summed E-state index contributed by atoms with van der Waals surface area (Å²) in [6.45, 7) is 9.08. The Bertz CT molecular complexity index is 1630. The van der Waals surface area contributed by atoms with Crippen LogP contribution in [-0.4, -0.2) is 4.98 Å². The van der Waals surface area contributed by atoms with Crippen molar-refractivity contribution in [2.45, 2.75) is 33.1 Å². The van der Waals surface area contributed by atoms with Crippen molar-refractivity contribution in [2.24, 2.45) is 0 Å². The maximum Gasteiger partial charge on any atom is 0.0795 e. The molecule has 0 unspecified atom stereocenters. The van der Waals surface area contributed by atoms with Crippen LogP contribution in [0.15, 0.2) is 66.9 Å². The van der Waals surface area contributed by atoms with Crippen molar-refractivity contribution in [1.29, 1.82) is 0 Å². The van der Waals surface area contributed by atoms with E-state index in [1.807, 2.05) is 28.9 Å². The van der Waals surface area contributed by atoms with E-state index in [0.717, 1.165) is 5.69 Å². The van der Waals surface area contributed by atoms with E-state index >= 15 is 0 Å². The molecule has 0 bridgehead atoms. The number of benzene rings is 3. The fourth-order valence-electron chi connectivity index (χ4n) is 4.71. The summed E-state index contributed by atoms with van der Waals surface area (Å²) in [5, 5.41) is 6.58. The summed E-state index contributed by atoms with van der Waals surface area (Å²) in [5.41, 5.74) is 3.72. The zero-order valence-corrected chi connectivity index (χ0v) is 19.7. The number of nitrogens with zero attached hydrogens (tertiary/aromatic N) is 1. The highest BCUT2D eigenvalue weighted by atomic mass is 32.1. The third-order valence-corrected chi connectivity index (χ3v) is 8.33. The first-order valence-electron chi connectivity index (χ1n) is 10.6. The average molecular weight is 438 g/mol. The van der Waals surface area contributed by atoms with Crippen LogP contribution in [0.2, 0.25) is 0 Å². The number of aromatic nitrogens is 1. The number of pyridine rings is 1.